The van der Waals surface area contributed by atoms with E-state index in [1.807, 2.05) is 48.5 Å². The zero-order valence-corrected chi connectivity index (χ0v) is 16.9. The van der Waals surface area contributed by atoms with Crippen molar-refractivity contribution in [3.63, 3.8) is 0 Å². The number of nitriles is 1. The Morgan fingerprint density at radius 2 is 1.40 bits per heavy atom. The van der Waals surface area contributed by atoms with Gasteiger partial charge in [0, 0.05) is 11.1 Å². The average molecular weight is 401 g/mol. The van der Waals surface area contributed by atoms with Gasteiger partial charge in [-0.2, -0.15) is 5.26 Å². The summed E-state index contributed by atoms with van der Waals surface area (Å²) in [4.78, 5) is 0. The van der Waals surface area contributed by atoms with Gasteiger partial charge in [-0.25, -0.2) is 8.78 Å². The second-order valence-electron chi connectivity index (χ2n) is 7.10. The molecule has 0 unspecified atom stereocenters. The molecule has 1 atom stereocenters. The van der Waals surface area contributed by atoms with Crippen LogP contribution in [0.5, 0.6) is 5.75 Å². The summed E-state index contributed by atoms with van der Waals surface area (Å²) in [5.41, 5.74) is 2.39. The minimum Gasteiger partial charge on any atom is -0.493 e. The van der Waals surface area contributed by atoms with Crippen molar-refractivity contribution in [3.8, 4) is 34.8 Å². The second-order valence-corrected chi connectivity index (χ2v) is 7.10. The monoisotopic (exact) mass is 401 g/mol. The van der Waals surface area contributed by atoms with E-state index in [-0.39, 0.29) is 5.56 Å². The Kier molecular flexibility index (Phi) is 6.83. The van der Waals surface area contributed by atoms with Crippen molar-refractivity contribution in [2.75, 3.05) is 6.61 Å². The molecule has 3 aromatic rings. The molecule has 0 N–H and O–H groups in total. The van der Waals surface area contributed by atoms with Crippen LogP contribution in [-0.4, -0.2) is 6.61 Å². The van der Waals surface area contributed by atoms with Crippen LogP contribution in [0.2, 0.25) is 0 Å². The summed E-state index contributed by atoms with van der Waals surface area (Å²) >= 11 is 0. The third kappa shape index (κ3) is 5.25. The van der Waals surface area contributed by atoms with E-state index >= 15 is 0 Å². The molecule has 0 spiro atoms. The molecule has 2 nitrogen and oxygen atoms in total. The lowest BCUT2D eigenvalue weighted by Crippen LogP contribution is -2.06. The van der Waals surface area contributed by atoms with Gasteiger partial charge in [0.25, 0.3) is 0 Å². The highest BCUT2D eigenvalue weighted by Crippen LogP contribution is 2.23. The minimum atomic E-state index is -0.909. The number of nitrogens with zero attached hydrogens (tertiary/aromatic N) is 1. The summed E-state index contributed by atoms with van der Waals surface area (Å²) in [6.45, 7) is 5.01. The summed E-state index contributed by atoms with van der Waals surface area (Å²) < 4.78 is 33.1. The molecular formula is C26H21F2NO. The van der Waals surface area contributed by atoms with Crippen molar-refractivity contribution in [2.45, 2.75) is 20.3 Å². The van der Waals surface area contributed by atoms with Crippen LogP contribution in [0.25, 0.3) is 11.1 Å². The molecule has 0 radical (unpaired) electrons. The normalized spacial score (nSPS) is 11.2. The molecular weight excluding hydrogens is 380 g/mol. The Morgan fingerprint density at radius 3 is 1.93 bits per heavy atom. The lowest BCUT2D eigenvalue weighted by molar-refractivity contribution is 0.256. The molecule has 0 saturated carbocycles. The van der Waals surface area contributed by atoms with E-state index in [1.165, 1.54) is 6.07 Å². The van der Waals surface area contributed by atoms with Gasteiger partial charge in [-0.3, -0.25) is 0 Å². The lowest BCUT2D eigenvalue weighted by Gasteiger charge is -2.11. The molecule has 0 aromatic heterocycles. The third-order valence-corrected chi connectivity index (χ3v) is 4.81. The first-order valence-electron chi connectivity index (χ1n) is 9.74. The Morgan fingerprint density at radius 1 is 0.867 bits per heavy atom. The second kappa shape index (κ2) is 9.72. The molecule has 0 heterocycles. The molecule has 0 aliphatic heterocycles. The van der Waals surface area contributed by atoms with Gasteiger partial charge >= 0.3 is 0 Å². The summed E-state index contributed by atoms with van der Waals surface area (Å²) in [6, 6.07) is 19.2. The maximum atomic E-state index is 13.7. The number of ether oxygens (including phenoxy) is 1. The molecule has 0 saturated heterocycles. The highest BCUT2D eigenvalue weighted by Gasteiger charge is 2.09. The number of rotatable bonds is 5. The Bertz CT molecular complexity index is 1090. The predicted octanol–water partition coefficient (Wildman–Crippen LogP) is 6.33. The van der Waals surface area contributed by atoms with Gasteiger partial charge in [-0.15, -0.1) is 0 Å². The van der Waals surface area contributed by atoms with Crippen LogP contribution in [0.3, 0.4) is 0 Å². The smallest absolute Gasteiger partial charge is 0.145 e. The van der Waals surface area contributed by atoms with E-state index in [2.05, 4.69) is 25.7 Å². The predicted molar refractivity (Wildman–Crippen MR) is 114 cm³/mol. The fourth-order valence-corrected chi connectivity index (χ4v) is 2.74. The Balaban J connectivity index is 1.70. The van der Waals surface area contributed by atoms with Gasteiger partial charge in [-0.05, 0) is 53.4 Å². The fraction of sp³-hybridized carbons (Fsp3) is 0.192. The van der Waals surface area contributed by atoms with Gasteiger partial charge in [0.2, 0.25) is 0 Å². The van der Waals surface area contributed by atoms with Crippen LogP contribution in [0.1, 0.15) is 37.0 Å². The Labute approximate surface area is 175 Å². The van der Waals surface area contributed by atoms with Gasteiger partial charge in [-0.1, -0.05) is 56.4 Å². The molecule has 0 bridgehead atoms. The van der Waals surface area contributed by atoms with E-state index in [0.717, 1.165) is 41.0 Å². The van der Waals surface area contributed by atoms with Crippen LogP contribution in [-0.2, 0) is 0 Å². The fourth-order valence-electron chi connectivity index (χ4n) is 2.74. The van der Waals surface area contributed by atoms with Crippen LogP contribution in [0.4, 0.5) is 8.78 Å². The molecule has 0 fully saturated rings. The maximum Gasteiger partial charge on any atom is 0.145 e. The van der Waals surface area contributed by atoms with Crippen LogP contribution in [0.15, 0.2) is 60.7 Å². The van der Waals surface area contributed by atoms with E-state index < -0.39 is 17.2 Å². The standard InChI is InChI=1S/C26H21F2NO/c1-3-18(2)17-30-23-12-10-22(11-13-23)21-8-6-19(7-9-21)4-5-20-14-25(27)24(16-29)26(28)15-20/h6-15,18H,3,17H2,1-2H3/t18-/m0/s1. The van der Waals surface area contributed by atoms with Crippen LogP contribution < -0.4 is 4.74 Å². The molecule has 4 heteroatoms. The summed E-state index contributed by atoms with van der Waals surface area (Å²) in [5.74, 6) is 5.18. The first kappa shape index (κ1) is 21.1. The summed E-state index contributed by atoms with van der Waals surface area (Å²) in [5, 5.41) is 8.72. The largest absolute Gasteiger partial charge is 0.493 e. The molecule has 0 amide bonds. The molecule has 3 aromatic carbocycles. The number of halogens is 2. The number of hydrogen-bond donors (Lipinski definition) is 0. The highest BCUT2D eigenvalue weighted by atomic mass is 19.1. The number of hydrogen-bond acceptors (Lipinski definition) is 2. The van der Waals surface area contributed by atoms with Gasteiger partial charge in [0.05, 0.1) is 6.61 Å². The quantitative estimate of drug-likeness (QED) is 0.468. The first-order chi connectivity index (χ1) is 14.5. The van der Waals surface area contributed by atoms with Crippen molar-refractivity contribution in [2.24, 2.45) is 5.92 Å². The van der Waals surface area contributed by atoms with Gasteiger partial charge in [0.15, 0.2) is 0 Å². The van der Waals surface area contributed by atoms with Gasteiger partial charge in [0.1, 0.15) is 29.0 Å². The average Bonchev–Trinajstić information content (AvgIpc) is 2.76. The molecule has 0 aliphatic rings. The van der Waals surface area contributed by atoms with E-state index in [9.17, 15) is 8.78 Å². The number of benzene rings is 3. The first-order valence-corrected chi connectivity index (χ1v) is 9.74. The summed E-state index contributed by atoms with van der Waals surface area (Å²) in [6.07, 6.45) is 1.09. The topological polar surface area (TPSA) is 33.0 Å². The zero-order chi connectivity index (χ0) is 21.5. The SMILES string of the molecule is CC[C@H](C)COc1ccc(-c2ccc(C#Cc3cc(F)c(C#N)c(F)c3)cc2)cc1. The van der Waals surface area contributed by atoms with Gasteiger partial charge < -0.3 is 4.74 Å². The van der Waals surface area contributed by atoms with E-state index in [4.69, 9.17) is 10.00 Å². The van der Waals surface area contributed by atoms with Crippen molar-refractivity contribution in [1.29, 1.82) is 5.26 Å². The maximum absolute atomic E-state index is 13.7. The lowest BCUT2D eigenvalue weighted by atomic mass is 10.0. The molecule has 30 heavy (non-hydrogen) atoms. The highest BCUT2D eigenvalue weighted by molar-refractivity contribution is 5.65. The zero-order valence-electron chi connectivity index (χ0n) is 16.9. The molecule has 3 rings (SSSR count). The van der Waals surface area contributed by atoms with Crippen molar-refractivity contribution in [3.05, 3.63) is 89.0 Å². The van der Waals surface area contributed by atoms with Crippen molar-refractivity contribution < 1.29 is 13.5 Å². The molecule has 0 aliphatic carbocycles. The van der Waals surface area contributed by atoms with Crippen LogP contribution >= 0.6 is 0 Å². The summed E-state index contributed by atoms with van der Waals surface area (Å²) in [7, 11) is 0. The van der Waals surface area contributed by atoms with E-state index in [0.29, 0.717) is 12.5 Å². The van der Waals surface area contributed by atoms with E-state index in [1.54, 1.807) is 0 Å². The molecule has 150 valence electrons. The minimum absolute atomic E-state index is 0.182. The Hall–Kier alpha value is -3.63. The third-order valence-electron chi connectivity index (χ3n) is 4.81. The van der Waals surface area contributed by atoms with Crippen molar-refractivity contribution in [1.82, 2.24) is 0 Å². The van der Waals surface area contributed by atoms with Crippen LogP contribution in [0, 0.1) is 40.7 Å². The van der Waals surface area contributed by atoms with Crippen molar-refractivity contribution >= 4 is 0 Å².